The van der Waals surface area contributed by atoms with Gasteiger partial charge in [-0.25, -0.2) is 17.7 Å². The van der Waals surface area contributed by atoms with Crippen LogP contribution in [-0.4, -0.2) is 66.3 Å². The van der Waals surface area contributed by atoms with E-state index in [-0.39, 0.29) is 18.0 Å². The van der Waals surface area contributed by atoms with E-state index < -0.39 is 10.0 Å². The van der Waals surface area contributed by atoms with Crippen LogP contribution in [0.1, 0.15) is 30.9 Å². The minimum Gasteiger partial charge on any atom is -0.393 e. The molecule has 3 rings (SSSR count). The summed E-state index contributed by atoms with van der Waals surface area (Å²) in [5.74, 6) is 1.20. The summed E-state index contributed by atoms with van der Waals surface area (Å²) in [4.78, 5) is 10.7. The van der Waals surface area contributed by atoms with Crippen LogP contribution in [0.15, 0.2) is 6.07 Å². The molecule has 0 aromatic carbocycles. The van der Waals surface area contributed by atoms with Gasteiger partial charge in [0.25, 0.3) is 0 Å². The Morgan fingerprint density at radius 3 is 2.61 bits per heavy atom. The molecule has 0 spiro atoms. The molecule has 1 aliphatic carbocycles. The molecule has 0 amide bonds. The van der Waals surface area contributed by atoms with Gasteiger partial charge >= 0.3 is 0 Å². The van der Waals surface area contributed by atoms with Crippen molar-refractivity contribution in [3.63, 3.8) is 0 Å². The highest BCUT2D eigenvalue weighted by atomic mass is 32.2. The molecule has 2 fully saturated rings. The van der Waals surface area contributed by atoms with E-state index in [0.29, 0.717) is 32.5 Å². The van der Waals surface area contributed by atoms with Gasteiger partial charge < -0.3 is 15.7 Å². The second kappa shape index (κ2) is 6.21. The van der Waals surface area contributed by atoms with Crippen molar-refractivity contribution in [1.82, 2.24) is 14.3 Å². The van der Waals surface area contributed by atoms with Gasteiger partial charge in [0.2, 0.25) is 16.0 Å². The molecule has 23 heavy (non-hydrogen) atoms. The first kappa shape index (κ1) is 16.4. The third-order valence-corrected chi connectivity index (χ3v) is 5.83. The average Bonchev–Trinajstić information content (AvgIpc) is 2.68. The van der Waals surface area contributed by atoms with Gasteiger partial charge in [-0.2, -0.15) is 4.98 Å². The van der Waals surface area contributed by atoms with E-state index in [9.17, 15) is 13.5 Å². The van der Waals surface area contributed by atoms with Gasteiger partial charge in [-0.05, 0) is 19.3 Å². The second-order valence-corrected chi connectivity index (χ2v) is 8.32. The molecule has 3 N–H and O–H groups in total. The van der Waals surface area contributed by atoms with Crippen LogP contribution in [0.25, 0.3) is 0 Å². The first-order valence-electron chi connectivity index (χ1n) is 7.85. The Balaban J connectivity index is 1.76. The zero-order valence-electron chi connectivity index (χ0n) is 13.2. The number of aliphatic hydroxyl groups excluding tert-OH is 1. The summed E-state index contributed by atoms with van der Waals surface area (Å²) >= 11 is 0. The number of sulfonamides is 1. The van der Waals surface area contributed by atoms with E-state index in [1.54, 1.807) is 0 Å². The van der Waals surface area contributed by atoms with Gasteiger partial charge in [-0.15, -0.1) is 0 Å². The number of nitrogens with zero attached hydrogens (tertiary/aromatic N) is 4. The molecule has 1 saturated carbocycles. The smallest absolute Gasteiger partial charge is 0.222 e. The van der Waals surface area contributed by atoms with E-state index in [2.05, 4.69) is 14.9 Å². The Morgan fingerprint density at radius 1 is 1.22 bits per heavy atom. The Morgan fingerprint density at radius 2 is 1.96 bits per heavy atom. The molecule has 128 valence electrons. The summed E-state index contributed by atoms with van der Waals surface area (Å²) in [5.41, 5.74) is 6.70. The van der Waals surface area contributed by atoms with E-state index in [1.807, 2.05) is 6.07 Å². The highest BCUT2D eigenvalue weighted by Crippen LogP contribution is 2.37. The summed E-state index contributed by atoms with van der Waals surface area (Å²) in [6, 6.07) is 1.92. The molecule has 1 saturated heterocycles. The molecule has 9 heteroatoms. The van der Waals surface area contributed by atoms with Crippen molar-refractivity contribution < 1.29 is 13.5 Å². The van der Waals surface area contributed by atoms with Crippen molar-refractivity contribution in [2.75, 3.05) is 43.1 Å². The quantitative estimate of drug-likeness (QED) is 0.781. The monoisotopic (exact) mass is 341 g/mol. The van der Waals surface area contributed by atoms with Crippen LogP contribution >= 0.6 is 0 Å². The van der Waals surface area contributed by atoms with Crippen molar-refractivity contribution in [2.24, 2.45) is 0 Å². The van der Waals surface area contributed by atoms with Crippen LogP contribution in [-0.2, 0) is 10.0 Å². The predicted octanol–water partition coefficient (Wildman–Crippen LogP) is -0.231. The fraction of sp³-hybridized carbons (Fsp3) is 0.714. The lowest BCUT2D eigenvalue weighted by molar-refractivity contribution is 0.0732. The molecule has 1 aliphatic heterocycles. The third-order valence-electron chi connectivity index (χ3n) is 4.53. The van der Waals surface area contributed by atoms with Crippen LogP contribution in [0, 0.1) is 0 Å². The minimum absolute atomic E-state index is 0.225. The van der Waals surface area contributed by atoms with Gasteiger partial charge in [0, 0.05) is 38.2 Å². The lowest BCUT2D eigenvalue weighted by atomic mass is 9.80. The number of nitrogen functional groups attached to an aromatic ring is 1. The topological polar surface area (TPSA) is 113 Å². The number of rotatable bonds is 3. The second-order valence-electron chi connectivity index (χ2n) is 6.33. The van der Waals surface area contributed by atoms with Crippen LogP contribution in [0.3, 0.4) is 0 Å². The summed E-state index contributed by atoms with van der Waals surface area (Å²) in [6.45, 7) is 2.28. The zero-order valence-corrected chi connectivity index (χ0v) is 14.0. The molecular weight excluding hydrogens is 318 g/mol. The summed E-state index contributed by atoms with van der Waals surface area (Å²) in [6.07, 6.45) is 3.15. The average molecular weight is 341 g/mol. The Hall–Kier alpha value is -1.45. The fourth-order valence-corrected chi connectivity index (χ4v) is 4.00. The maximum Gasteiger partial charge on any atom is 0.222 e. The molecule has 0 bridgehead atoms. The standard InChI is InChI=1S/C14H23N5O3S/c1-23(21,22)19-4-2-3-18(5-6-19)13-9-12(16-14(15)17-13)10-7-11(20)8-10/h9-11,20H,2-8H2,1H3,(H2,15,16,17). The Kier molecular flexibility index (Phi) is 4.43. The number of nitrogens with two attached hydrogens (primary N) is 1. The normalized spacial score (nSPS) is 26.6. The first-order chi connectivity index (χ1) is 10.8. The van der Waals surface area contributed by atoms with Crippen molar-refractivity contribution >= 4 is 21.8 Å². The van der Waals surface area contributed by atoms with E-state index in [1.165, 1.54) is 10.6 Å². The molecule has 8 nitrogen and oxygen atoms in total. The molecule has 1 aromatic rings. The molecule has 0 unspecified atom stereocenters. The molecule has 1 aromatic heterocycles. The van der Waals surface area contributed by atoms with E-state index in [0.717, 1.165) is 24.5 Å². The maximum atomic E-state index is 11.7. The van der Waals surface area contributed by atoms with Crippen molar-refractivity contribution in [2.45, 2.75) is 31.3 Å². The summed E-state index contributed by atoms with van der Waals surface area (Å²) < 4.78 is 24.9. The molecule has 2 heterocycles. The van der Waals surface area contributed by atoms with E-state index >= 15 is 0 Å². The lowest BCUT2D eigenvalue weighted by Gasteiger charge is -2.31. The Labute approximate surface area is 136 Å². The van der Waals surface area contributed by atoms with Gasteiger partial charge in [0.1, 0.15) is 5.82 Å². The fourth-order valence-electron chi connectivity index (χ4n) is 3.13. The molecule has 2 aliphatic rings. The zero-order chi connectivity index (χ0) is 16.6. The van der Waals surface area contributed by atoms with Gasteiger partial charge in [0.05, 0.1) is 18.1 Å². The van der Waals surface area contributed by atoms with Gasteiger partial charge in [-0.3, -0.25) is 0 Å². The number of aromatic nitrogens is 2. The minimum atomic E-state index is -3.16. The van der Waals surface area contributed by atoms with Crippen LogP contribution < -0.4 is 10.6 Å². The van der Waals surface area contributed by atoms with Crippen LogP contribution in [0.5, 0.6) is 0 Å². The van der Waals surface area contributed by atoms with Gasteiger partial charge in [-0.1, -0.05) is 0 Å². The number of hydrogen-bond donors (Lipinski definition) is 2. The predicted molar refractivity (Wildman–Crippen MR) is 87.7 cm³/mol. The number of anilines is 2. The molecular formula is C14H23N5O3S. The van der Waals surface area contributed by atoms with Crippen molar-refractivity contribution in [3.8, 4) is 0 Å². The highest BCUT2D eigenvalue weighted by molar-refractivity contribution is 7.88. The summed E-state index contributed by atoms with van der Waals surface area (Å²) in [7, 11) is -3.16. The SMILES string of the molecule is CS(=O)(=O)N1CCCN(c2cc(C3CC(O)C3)nc(N)n2)CC1. The van der Waals surface area contributed by atoms with Gasteiger partial charge in [0.15, 0.2) is 0 Å². The third kappa shape index (κ3) is 3.73. The molecule has 0 atom stereocenters. The highest BCUT2D eigenvalue weighted by Gasteiger charge is 2.31. The lowest BCUT2D eigenvalue weighted by Crippen LogP contribution is -2.35. The largest absolute Gasteiger partial charge is 0.393 e. The van der Waals surface area contributed by atoms with Crippen molar-refractivity contribution in [3.05, 3.63) is 11.8 Å². The maximum absolute atomic E-state index is 11.7. The van der Waals surface area contributed by atoms with Crippen LogP contribution in [0.2, 0.25) is 0 Å². The number of hydrogen-bond acceptors (Lipinski definition) is 7. The van der Waals surface area contributed by atoms with Crippen molar-refractivity contribution in [1.29, 1.82) is 0 Å². The van der Waals surface area contributed by atoms with E-state index in [4.69, 9.17) is 5.73 Å². The Bertz CT molecular complexity index is 675. The number of aliphatic hydroxyl groups is 1. The molecule has 0 radical (unpaired) electrons. The van der Waals surface area contributed by atoms with Crippen LogP contribution in [0.4, 0.5) is 11.8 Å². The first-order valence-corrected chi connectivity index (χ1v) is 9.70. The summed E-state index contributed by atoms with van der Waals surface area (Å²) in [5, 5.41) is 9.46.